The summed E-state index contributed by atoms with van der Waals surface area (Å²) in [6.07, 6.45) is 10.1. The zero-order chi connectivity index (χ0) is 43.6. The van der Waals surface area contributed by atoms with Crippen molar-refractivity contribution in [3.63, 3.8) is 0 Å². The van der Waals surface area contributed by atoms with Gasteiger partial charge >= 0.3 is 0 Å². The molecule has 330 valence electrons. The number of rotatable bonds is 16. The number of fused-ring (bicyclic) bond motifs is 2. The van der Waals surface area contributed by atoms with E-state index in [9.17, 15) is 28.8 Å². The standard InChI is InChI=1S/C48H62N8O6/c49-37(47(61)55-29-9-21-41(55)45(59)53-39-19-5-13-31-11-1-3-15-35(31)39)17-7-27-51-43(57)33-23-25-34(26-24-33)44(58)52-28-8-18-38(50)48(62)56-30-10-22-42(56)46(60)54-40-20-6-14-32-12-2-4-16-36(32)40/h1-4,11-12,15-16,23-26,37-42H,5-10,13-14,17-22,27-30,49-50H2,(H,51,57)(H,52,58)(H,53,59)(H,54,60)/t37-,38-,39+,40+,41-,42?/m0/s1. The molecule has 0 aromatic heterocycles. The fraction of sp³-hybridized carbons (Fsp3) is 0.500. The number of aryl methyl sites for hydroxylation is 2. The summed E-state index contributed by atoms with van der Waals surface area (Å²) in [6.45, 7) is 1.59. The maximum Gasteiger partial charge on any atom is 0.251 e. The number of hydrogen-bond donors (Lipinski definition) is 6. The van der Waals surface area contributed by atoms with Crippen molar-refractivity contribution in [2.45, 2.75) is 126 Å². The van der Waals surface area contributed by atoms with Crippen molar-refractivity contribution in [3.8, 4) is 0 Å². The van der Waals surface area contributed by atoms with Crippen molar-refractivity contribution in [1.29, 1.82) is 0 Å². The van der Waals surface area contributed by atoms with Crippen molar-refractivity contribution in [1.82, 2.24) is 31.1 Å². The maximum atomic E-state index is 13.4. The van der Waals surface area contributed by atoms with Crippen LogP contribution in [0.1, 0.15) is 132 Å². The van der Waals surface area contributed by atoms with Crippen LogP contribution >= 0.6 is 0 Å². The Bertz CT molecular complexity index is 1950. The van der Waals surface area contributed by atoms with Crippen LogP contribution in [0.2, 0.25) is 0 Å². The minimum absolute atomic E-state index is 0.0565. The minimum Gasteiger partial charge on any atom is -0.352 e. The molecule has 14 heteroatoms. The molecular formula is C48H62N8O6. The number of benzene rings is 3. The summed E-state index contributed by atoms with van der Waals surface area (Å²) >= 11 is 0. The highest BCUT2D eigenvalue weighted by Crippen LogP contribution is 2.32. The predicted octanol–water partition coefficient (Wildman–Crippen LogP) is 3.73. The van der Waals surface area contributed by atoms with Crippen LogP contribution in [0.25, 0.3) is 0 Å². The number of carbonyl (C=O) groups excluding carboxylic acids is 6. The Morgan fingerprint density at radius 3 is 1.37 bits per heavy atom. The van der Waals surface area contributed by atoms with Gasteiger partial charge in [0.05, 0.1) is 24.2 Å². The average molecular weight is 847 g/mol. The summed E-state index contributed by atoms with van der Waals surface area (Å²) in [5.41, 5.74) is 18.2. The Kier molecular flexibility index (Phi) is 15.0. The van der Waals surface area contributed by atoms with Crippen LogP contribution < -0.4 is 32.7 Å². The summed E-state index contributed by atoms with van der Waals surface area (Å²) in [6, 6.07) is 19.9. The Balaban J connectivity index is 0.780. The normalized spacial score (nSPS) is 21.5. The van der Waals surface area contributed by atoms with Gasteiger partial charge in [-0.25, -0.2) is 0 Å². The molecule has 2 aliphatic carbocycles. The molecule has 4 aliphatic rings. The maximum absolute atomic E-state index is 13.4. The van der Waals surface area contributed by atoms with Gasteiger partial charge in [0, 0.05) is 37.3 Å². The third-order valence-corrected chi connectivity index (χ3v) is 13.0. The lowest BCUT2D eigenvalue weighted by atomic mass is 9.87. The Morgan fingerprint density at radius 2 is 0.952 bits per heavy atom. The van der Waals surface area contributed by atoms with Crippen LogP contribution in [-0.4, -0.2) is 95.6 Å². The van der Waals surface area contributed by atoms with Crippen molar-refractivity contribution in [2.24, 2.45) is 11.5 Å². The molecule has 7 rings (SSSR count). The van der Waals surface area contributed by atoms with E-state index in [2.05, 4.69) is 45.5 Å². The highest BCUT2D eigenvalue weighted by molar-refractivity contribution is 5.98. The van der Waals surface area contributed by atoms with E-state index in [1.165, 1.54) is 11.1 Å². The molecule has 14 nitrogen and oxygen atoms in total. The molecule has 0 spiro atoms. The van der Waals surface area contributed by atoms with E-state index in [0.29, 0.717) is 75.8 Å². The lowest BCUT2D eigenvalue weighted by Gasteiger charge is -2.31. The Morgan fingerprint density at radius 1 is 0.548 bits per heavy atom. The lowest BCUT2D eigenvalue weighted by Crippen LogP contribution is -2.51. The monoisotopic (exact) mass is 846 g/mol. The molecule has 0 bridgehead atoms. The van der Waals surface area contributed by atoms with Gasteiger partial charge in [0.2, 0.25) is 23.6 Å². The van der Waals surface area contributed by atoms with Gasteiger partial charge in [0.25, 0.3) is 11.8 Å². The number of amides is 6. The van der Waals surface area contributed by atoms with Gasteiger partial charge in [0.15, 0.2) is 0 Å². The zero-order valence-electron chi connectivity index (χ0n) is 35.6. The Labute approximate surface area is 364 Å². The van der Waals surface area contributed by atoms with Gasteiger partial charge in [-0.05, 0) is 136 Å². The van der Waals surface area contributed by atoms with Crippen molar-refractivity contribution >= 4 is 35.4 Å². The first-order chi connectivity index (χ1) is 30.1. The fourth-order valence-corrected chi connectivity index (χ4v) is 9.65. The average Bonchev–Trinajstić information content (AvgIpc) is 4.00. The van der Waals surface area contributed by atoms with Crippen molar-refractivity contribution in [3.05, 3.63) is 106 Å². The first-order valence-electron chi connectivity index (χ1n) is 22.6. The van der Waals surface area contributed by atoms with Crippen LogP contribution in [0.15, 0.2) is 72.8 Å². The molecule has 2 fully saturated rings. The minimum atomic E-state index is -0.786. The summed E-state index contributed by atoms with van der Waals surface area (Å²) in [5.74, 6) is -1.39. The SMILES string of the molecule is N[C@@H](CCCNC(=O)c1ccc(C(=O)NCCC[C@H](N)C(=O)N2CCC[C@H]2C(=O)N[C@@H]2CCCc3ccccc32)cc1)C(=O)N1CCCC1C(=O)N[C@@H]1CCCc2ccccc21. The van der Waals surface area contributed by atoms with Gasteiger partial charge in [0.1, 0.15) is 12.1 Å². The van der Waals surface area contributed by atoms with Gasteiger partial charge in [-0.15, -0.1) is 0 Å². The van der Waals surface area contributed by atoms with Gasteiger partial charge in [-0.2, -0.15) is 0 Å². The fourth-order valence-electron chi connectivity index (χ4n) is 9.65. The summed E-state index contributed by atoms with van der Waals surface area (Å²) < 4.78 is 0. The second kappa shape index (κ2) is 21.0. The highest BCUT2D eigenvalue weighted by atomic mass is 16.2. The van der Waals surface area contributed by atoms with Crippen LogP contribution in [0.3, 0.4) is 0 Å². The molecule has 3 aromatic carbocycles. The number of carbonyl (C=O) groups is 6. The van der Waals surface area contributed by atoms with E-state index in [-0.39, 0.29) is 47.5 Å². The van der Waals surface area contributed by atoms with Crippen molar-refractivity contribution < 1.29 is 28.8 Å². The van der Waals surface area contributed by atoms with Crippen LogP contribution in [0, 0.1) is 0 Å². The molecule has 0 saturated carbocycles. The van der Waals surface area contributed by atoms with Crippen LogP contribution in [0.4, 0.5) is 0 Å². The third-order valence-electron chi connectivity index (χ3n) is 13.0. The molecule has 2 aliphatic heterocycles. The van der Waals surface area contributed by atoms with E-state index in [0.717, 1.165) is 62.5 Å². The molecule has 8 N–H and O–H groups in total. The summed E-state index contributed by atoms with van der Waals surface area (Å²) in [7, 11) is 0. The first-order valence-corrected chi connectivity index (χ1v) is 22.6. The topological polar surface area (TPSA) is 209 Å². The predicted molar refractivity (Wildman–Crippen MR) is 236 cm³/mol. The second-order valence-corrected chi connectivity index (χ2v) is 17.3. The highest BCUT2D eigenvalue weighted by Gasteiger charge is 2.39. The Hall–Kier alpha value is -5.60. The van der Waals surface area contributed by atoms with Crippen molar-refractivity contribution in [2.75, 3.05) is 26.2 Å². The van der Waals surface area contributed by atoms with Gasteiger partial charge in [-0.3, -0.25) is 28.8 Å². The van der Waals surface area contributed by atoms with Gasteiger partial charge < -0.3 is 42.5 Å². The number of hydrogen-bond acceptors (Lipinski definition) is 8. The van der Waals surface area contributed by atoms with E-state index in [4.69, 9.17) is 11.5 Å². The third kappa shape index (κ3) is 10.7. The van der Waals surface area contributed by atoms with Crippen LogP contribution in [0.5, 0.6) is 0 Å². The molecule has 6 amide bonds. The molecule has 62 heavy (non-hydrogen) atoms. The van der Waals surface area contributed by atoms with E-state index in [1.807, 2.05) is 24.3 Å². The molecule has 3 aromatic rings. The number of likely N-dealkylation sites (tertiary alicyclic amines) is 2. The number of nitrogens with zero attached hydrogens (tertiary/aromatic N) is 2. The second-order valence-electron chi connectivity index (χ2n) is 17.3. The van der Waals surface area contributed by atoms with E-state index >= 15 is 0 Å². The molecule has 0 radical (unpaired) electrons. The molecule has 6 atom stereocenters. The summed E-state index contributed by atoms with van der Waals surface area (Å²) in [4.78, 5) is 82.4. The number of nitrogens with two attached hydrogens (primary N) is 2. The smallest absolute Gasteiger partial charge is 0.251 e. The summed E-state index contributed by atoms with van der Waals surface area (Å²) in [5, 5.41) is 12.1. The molecule has 2 heterocycles. The van der Waals surface area contributed by atoms with Crippen LogP contribution in [-0.2, 0) is 32.0 Å². The zero-order valence-corrected chi connectivity index (χ0v) is 35.6. The van der Waals surface area contributed by atoms with Gasteiger partial charge in [-0.1, -0.05) is 48.5 Å². The largest absolute Gasteiger partial charge is 0.352 e. The van der Waals surface area contributed by atoms with E-state index < -0.39 is 24.2 Å². The number of nitrogens with one attached hydrogen (secondary N) is 4. The first kappa shape index (κ1) is 44.5. The lowest BCUT2D eigenvalue weighted by molar-refractivity contribution is -0.139. The molecular weight excluding hydrogens is 785 g/mol. The molecule has 2 saturated heterocycles. The quantitative estimate of drug-likeness (QED) is 0.117. The molecule has 1 unspecified atom stereocenters. The van der Waals surface area contributed by atoms with E-state index in [1.54, 1.807) is 34.1 Å².